The largest absolute Gasteiger partial charge is 0.417 e. The Kier molecular flexibility index (Phi) is 13.0. The maximum Gasteiger partial charge on any atom is 0.417 e. The Balaban J connectivity index is 0.784. The van der Waals surface area contributed by atoms with E-state index in [2.05, 4.69) is 41.0 Å². The number of amides is 4. The summed E-state index contributed by atoms with van der Waals surface area (Å²) in [4.78, 5) is 62.8. The Morgan fingerprint density at radius 3 is 2.17 bits per heavy atom. The van der Waals surface area contributed by atoms with Gasteiger partial charge in [0.15, 0.2) is 0 Å². The van der Waals surface area contributed by atoms with Crippen LogP contribution in [0, 0.1) is 23.2 Å². The summed E-state index contributed by atoms with van der Waals surface area (Å²) < 4.78 is 40.4. The third-order valence-electron chi connectivity index (χ3n) is 11.7. The van der Waals surface area contributed by atoms with E-state index in [4.69, 9.17) is 5.26 Å². The average Bonchev–Trinajstić information content (AvgIpc) is 3.23. The first kappa shape index (κ1) is 41.4. The molecule has 312 valence electrons. The van der Waals surface area contributed by atoms with Crippen LogP contribution in [0.5, 0.6) is 0 Å². The van der Waals surface area contributed by atoms with Gasteiger partial charge in [-0.25, -0.2) is 4.98 Å². The summed E-state index contributed by atoms with van der Waals surface area (Å²) in [5, 5.41) is 20.5. The monoisotopic (exact) mass is 814 g/mol. The number of aromatic nitrogens is 1. The van der Waals surface area contributed by atoms with Crippen LogP contribution >= 0.6 is 0 Å². The number of carbonyl (C=O) groups is 4. The van der Waals surface area contributed by atoms with Crippen molar-refractivity contribution >= 4 is 52.2 Å². The molecule has 7 rings (SSSR count). The third-order valence-corrected chi connectivity index (χ3v) is 11.7. The molecule has 5 heterocycles. The number of alkyl halides is 3. The van der Waals surface area contributed by atoms with Gasteiger partial charge in [-0.1, -0.05) is 6.07 Å². The van der Waals surface area contributed by atoms with Crippen LogP contribution in [0.2, 0.25) is 0 Å². The number of nitriles is 1. The molecule has 1 atom stereocenters. The number of rotatable bonds is 11. The van der Waals surface area contributed by atoms with E-state index in [9.17, 15) is 32.3 Å². The molecule has 0 radical (unpaired) electrons. The van der Waals surface area contributed by atoms with Crippen molar-refractivity contribution in [3.8, 4) is 6.07 Å². The number of piperidine rings is 3. The highest BCUT2D eigenvalue weighted by atomic mass is 19.4. The van der Waals surface area contributed by atoms with E-state index in [1.165, 1.54) is 12.1 Å². The first-order chi connectivity index (χ1) is 28.4. The maximum absolute atomic E-state index is 13.5. The number of hydrogen-bond donors (Lipinski definition) is 4. The summed E-state index contributed by atoms with van der Waals surface area (Å²) in [5.41, 5.74) is 1.36. The molecule has 0 aliphatic carbocycles. The minimum absolute atomic E-state index is 0.0949. The molecule has 0 saturated carbocycles. The van der Waals surface area contributed by atoms with Crippen molar-refractivity contribution in [1.82, 2.24) is 20.1 Å². The summed E-state index contributed by atoms with van der Waals surface area (Å²) in [6.45, 7) is 7.39. The highest BCUT2D eigenvalue weighted by Gasteiger charge is 2.35. The van der Waals surface area contributed by atoms with Crippen molar-refractivity contribution in [1.29, 1.82) is 5.26 Å². The molecule has 1 unspecified atom stereocenters. The highest BCUT2D eigenvalue weighted by molar-refractivity contribution is 6.01. The van der Waals surface area contributed by atoms with Crippen molar-refractivity contribution in [2.24, 2.45) is 11.8 Å². The van der Waals surface area contributed by atoms with E-state index >= 15 is 0 Å². The number of halogens is 3. The molecule has 3 aromatic rings. The predicted molar refractivity (Wildman–Crippen MR) is 217 cm³/mol. The number of benzene rings is 2. The number of carbonyl (C=O) groups excluding carboxylic acids is 4. The zero-order chi connectivity index (χ0) is 41.5. The number of piperazine rings is 1. The Morgan fingerprint density at radius 2 is 1.49 bits per heavy atom. The van der Waals surface area contributed by atoms with Gasteiger partial charge in [0, 0.05) is 88.3 Å². The van der Waals surface area contributed by atoms with Gasteiger partial charge in [-0.05, 0) is 86.6 Å². The van der Waals surface area contributed by atoms with E-state index in [0.29, 0.717) is 67.7 Å². The van der Waals surface area contributed by atoms with E-state index in [1.54, 1.807) is 18.3 Å². The van der Waals surface area contributed by atoms with E-state index < -0.39 is 23.3 Å². The molecular formula is C42H49F3N10O4. The van der Waals surface area contributed by atoms with Crippen molar-refractivity contribution < 1.29 is 32.3 Å². The second-order valence-electron chi connectivity index (χ2n) is 15.8. The fourth-order valence-electron chi connectivity index (χ4n) is 8.33. The molecule has 1 aromatic heterocycles. The van der Waals surface area contributed by atoms with Gasteiger partial charge in [0.25, 0.3) is 0 Å². The van der Waals surface area contributed by atoms with Crippen LogP contribution in [0.4, 0.5) is 41.7 Å². The number of pyridine rings is 1. The second kappa shape index (κ2) is 18.5. The fourth-order valence-corrected chi connectivity index (χ4v) is 8.33. The topological polar surface area (TPSA) is 166 Å². The lowest BCUT2D eigenvalue weighted by molar-refractivity contribution is -0.138. The summed E-state index contributed by atoms with van der Waals surface area (Å²) in [5.74, 6) is -0.120. The van der Waals surface area contributed by atoms with Crippen LogP contribution in [-0.2, 0) is 25.4 Å². The minimum atomic E-state index is -4.62. The molecule has 4 amide bonds. The van der Waals surface area contributed by atoms with Crippen LogP contribution in [-0.4, -0.2) is 110 Å². The number of hydrogen-bond acceptors (Lipinski definition) is 11. The smallest absolute Gasteiger partial charge is 0.374 e. The van der Waals surface area contributed by atoms with Gasteiger partial charge in [0.05, 0.1) is 35.6 Å². The number of nitrogens with zero attached hydrogens (tertiary/aromatic N) is 6. The SMILES string of the molecule is N#Cc1ccc(N2CCC(C(=O)Nc3ccc(N4CCC(CN5CCN(CC(=O)Nc6cccc(NC7CCC(=O)NC7=O)c6)CC5)CC4)cn3)CC2)cc1C(F)(F)F. The van der Waals surface area contributed by atoms with Crippen LogP contribution in [0.1, 0.15) is 49.7 Å². The predicted octanol–water partition coefficient (Wildman–Crippen LogP) is 4.52. The standard InChI is InChI=1S/C42H49F3N10O4/c43-42(44,45)35-23-33(5-4-30(35)24-46)54-16-12-29(13-17-54)40(58)50-37-8-6-34(25-47-37)55-14-10-28(11-15-55)26-52-18-20-53(21-19-52)27-39(57)49-32-3-1-2-31(22-32)48-36-7-9-38(56)51-41(36)59/h1-6,8,22-23,25,28-29,36,48H,7,9-21,26-27H2,(H,49,57)(H,47,50,58)(H,51,56,59). The summed E-state index contributed by atoms with van der Waals surface area (Å²) in [7, 11) is 0. The molecule has 14 nitrogen and oxygen atoms in total. The normalized spacial score (nSPS) is 20.1. The van der Waals surface area contributed by atoms with Gasteiger partial charge < -0.3 is 30.7 Å². The molecule has 0 spiro atoms. The molecule has 4 N–H and O–H groups in total. The van der Waals surface area contributed by atoms with E-state index in [1.807, 2.05) is 35.2 Å². The number of anilines is 5. The first-order valence-corrected chi connectivity index (χ1v) is 20.2. The Bertz CT molecular complexity index is 2030. The number of nitrogens with one attached hydrogen (secondary N) is 4. The van der Waals surface area contributed by atoms with Crippen molar-refractivity contribution in [3.63, 3.8) is 0 Å². The quantitative estimate of drug-likeness (QED) is 0.201. The second-order valence-corrected chi connectivity index (χ2v) is 15.8. The van der Waals surface area contributed by atoms with Crippen LogP contribution < -0.4 is 31.1 Å². The van der Waals surface area contributed by atoms with Crippen molar-refractivity contribution in [2.45, 2.75) is 50.7 Å². The molecule has 2 aromatic carbocycles. The van der Waals surface area contributed by atoms with Gasteiger partial charge >= 0.3 is 6.18 Å². The Morgan fingerprint density at radius 1 is 0.814 bits per heavy atom. The van der Waals surface area contributed by atoms with E-state index in [0.717, 1.165) is 70.4 Å². The first-order valence-electron chi connectivity index (χ1n) is 20.2. The summed E-state index contributed by atoms with van der Waals surface area (Å²) in [6, 6.07) is 15.9. The minimum Gasteiger partial charge on any atom is -0.374 e. The third kappa shape index (κ3) is 10.9. The Hall–Kier alpha value is -5.73. The van der Waals surface area contributed by atoms with Crippen LogP contribution in [0.25, 0.3) is 0 Å². The molecule has 0 bridgehead atoms. The molecule has 4 aliphatic rings. The zero-order valence-corrected chi connectivity index (χ0v) is 32.8. The lowest BCUT2D eigenvalue weighted by Gasteiger charge is -2.39. The molecule has 59 heavy (non-hydrogen) atoms. The number of imide groups is 1. The lowest BCUT2D eigenvalue weighted by Crippen LogP contribution is -2.50. The molecule has 17 heteroatoms. The highest BCUT2D eigenvalue weighted by Crippen LogP contribution is 2.35. The van der Waals surface area contributed by atoms with Crippen LogP contribution in [0.15, 0.2) is 60.8 Å². The van der Waals surface area contributed by atoms with Crippen LogP contribution in [0.3, 0.4) is 0 Å². The van der Waals surface area contributed by atoms with Gasteiger partial charge in [0.1, 0.15) is 11.9 Å². The Labute approximate surface area is 341 Å². The molecule has 4 saturated heterocycles. The summed E-state index contributed by atoms with van der Waals surface area (Å²) >= 11 is 0. The van der Waals surface area contributed by atoms with Gasteiger partial charge in [-0.3, -0.25) is 29.4 Å². The maximum atomic E-state index is 13.5. The molecular weight excluding hydrogens is 766 g/mol. The van der Waals surface area contributed by atoms with E-state index in [-0.39, 0.29) is 36.0 Å². The summed E-state index contributed by atoms with van der Waals surface area (Å²) in [6.07, 6.45) is 0.942. The van der Waals surface area contributed by atoms with Gasteiger partial charge in [0.2, 0.25) is 23.6 Å². The molecule has 4 aliphatic heterocycles. The average molecular weight is 815 g/mol. The fraction of sp³-hybridized carbons (Fsp3) is 0.476. The lowest BCUT2D eigenvalue weighted by atomic mass is 9.95. The molecule has 4 fully saturated rings. The van der Waals surface area contributed by atoms with Gasteiger partial charge in [-0.15, -0.1) is 0 Å². The van der Waals surface area contributed by atoms with Crippen molar-refractivity contribution in [3.05, 3.63) is 71.9 Å². The van der Waals surface area contributed by atoms with Gasteiger partial charge in [-0.2, -0.15) is 18.4 Å². The zero-order valence-electron chi connectivity index (χ0n) is 32.8. The van der Waals surface area contributed by atoms with Crippen molar-refractivity contribution in [2.75, 3.05) is 91.2 Å².